The summed E-state index contributed by atoms with van der Waals surface area (Å²) in [6, 6.07) is 0. The molecule has 32 heavy (non-hydrogen) atoms. The van der Waals surface area contributed by atoms with Crippen LogP contribution in [0.5, 0.6) is 0 Å². The highest BCUT2D eigenvalue weighted by molar-refractivity contribution is 5.69. The van der Waals surface area contributed by atoms with E-state index < -0.39 is 5.79 Å². The fourth-order valence-electron chi connectivity index (χ4n) is 5.29. The van der Waals surface area contributed by atoms with Crippen LogP contribution in [0.1, 0.15) is 130 Å². The minimum atomic E-state index is -1.56. The van der Waals surface area contributed by atoms with Crippen LogP contribution < -0.4 is 0 Å². The minimum Gasteiger partial charge on any atom is -0.466 e. The molecule has 188 valence electrons. The monoisotopic (exact) mass is 452 g/mol. The molecule has 0 aromatic heterocycles. The molecule has 0 bridgehead atoms. The van der Waals surface area contributed by atoms with Gasteiger partial charge in [0.2, 0.25) is 0 Å². The second-order valence-electron chi connectivity index (χ2n) is 10.1. The molecule has 0 amide bonds. The number of unbranched alkanes of at least 4 members (excludes halogenated alkanes) is 5. The summed E-state index contributed by atoms with van der Waals surface area (Å²) in [5.41, 5.74) is 1.55. The van der Waals surface area contributed by atoms with Crippen LogP contribution >= 0.6 is 0 Å². The molecule has 0 spiro atoms. The van der Waals surface area contributed by atoms with Gasteiger partial charge in [-0.25, -0.2) is 0 Å². The third-order valence-electron chi connectivity index (χ3n) is 7.36. The second kappa shape index (κ2) is 16.7. The van der Waals surface area contributed by atoms with Crippen molar-refractivity contribution in [3.05, 3.63) is 11.6 Å². The number of rotatable bonds is 18. The third kappa shape index (κ3) is 11.3. The van der Waals surface area contributed by atoms with Gasteiger partial charge >= 0.3 is 5.97 Å². The Balaban J connectivity index is 2.56. The Labute approximate surface area is 198 Å². The molecule has 0 heterocycles. The van der Waals surface area contributed by atoms with Crippen molar-refractivity contribution in [1.29, 1.82) is 0 Å². The second-order valence-corrected chi connectivity index (χ2v) is 10.1. The van der Waals surface area contributed by atoms with E-state index in [0.717, 1.165) is 51.4 Å². The van der Waals surface area contributed by atoms with Gasteiger partial charge in [-0.15, -0.1) is 0 Å². The van der Waals surface area contributed by atoms with Crippen molar-refractivity contribution < 1.29 is 19.7 Å². The third-order valence-corrected chi connectivity index (χ3v) is 7.36. The summed E-state index contributed by atoms with van der Waals surface area (Å²) in [7, 11) is 0. The van der Waals surface area contributed by atoms with Crippen molar-refractivity contribution in [3.63, 3.8) is 0 Å². The van der Waals surface area contributed by atoms with Crippen LogP contribution in [0.3, 0.4) is 0 Å². The van der Waals surface area contributed by atoms with E-state index in [2.05, 4.69) is 26.8 Å². The van der Waals surface area contributed by atoms with Crippen molar-refractivity contribution >= 4 is 5.97 Å². The molecule has 0 aliphatic heterocycles. The van der Waals surface area contributed by atoms with Crippen LogP contribution in [-0.2, 0) is 9.53 Å². The molecule has 1 fully saturated rings. The molecule has 0 aromatic carbocycles. The lowest BCUT2D eigenvalue weighted by Gasteiger charge is -2.35. The lowest BCUT2D eigenvalue weighted by Crippen LogP contribution is -2.41. The van der Waals surface area contributed by atoms with Gasteiger partial charge in [0, 0.05) is 18.8 Å². The maximum absolute atomic E-state index is 11.4. The molecule has 2 N–H and O–H groups in total. The van der Waals surface area contributed by atoms with Crippen molar-refractivity contribution in [2.75, 3.05) is 6.61 Å². The molecule has 1 aliphatic carbocycles. The zero-order valence-electron chi connectivity index (χ0n) is 21.5. The average Bonchev–Trinajstić information content (AvgIpc) is 3.20. The summed E-state index contributed by atoms with van der Waals surface area (Å²) in [5.74, 6) is -0.740. The molecule has 0 aromatic rings. The van der Waals surface area contributed by atoms with E-state index in [1.165, 1.54) is 38.5 Å². The number of ether oxygens (including phenoxy) is 1. The normalized spacial score (nSPS) is 19.9. The first kappa shape index (κ1) is 29.2. The summed E-state index contributed by atoms with van der Waals surface area (Å²) in [4.78, 5) is 11.4. The highest BCUT2D eigenvalue weighted by atomic mass is 16.5. The fraction of sp³-hybridized carbons (Fsp3) is 0.893. The number of carbonyl (C=O) groups excluding carboxylic acids is 1. The quantitative estimate of drug-likeness (QED) is 0.0989. The maximum atomic E-state index is 11.4. The van der Waals surface area contributed by atoms with E-state index in [9.17, 15) is 15.0 Å². The van der Waals surface area contributed by atoms with Gasteiger partial charge in [-0.1, -0.05) is 77.4 Å². The van der Waals surface area contributed by atoms with E-state index in [-0.39, 0.29) is 11.9 Å². The molecular weight excluding hydrogens is 400 g/mol. The Hall–Kier alpha value is -0.870. The minimum absolute atomic E-state index is 0.0704. The van der Waals surface area contributed by atoms with Gasteiger partial charge in [0.05, 0.1) is 6.61 Å². The first-order chi connectivity index (χ1) is 15.4. The zero-order chi connectivity index (χ0) is 23.8. The average molecular weight is 453 g/mol. The Morgan fingerprint density at radius 2 is 1.81 bits per heavy atom. The van der Waals surface area contributed by atoms with E-state index >= 15 is 0 Å². The molecule has 4 nitrogen and oxygen atoms in total. The van der Waals surface area contributed by atoms with E-state index in [0.29, 0.717) is 31.3 Å². The first-order valence-electron chi connectivity index (χ1n) is 13.6. The molecule has 0 radical (unpaired) electrons. The summed E-state index contributed by atoms with van der Waals surface area (Å²) in [6.07, 6.45) is 18.7. The highest BCUT2D eigenvalue weighted by Gasteiger charge is 2.36. The summed E-state index contributed by atoms with van der Waals surface area (Å²) in [5, 5.41) is 21.8. The van der Waals surface area contributed by atoms with Gasteiger partial charge in [-0.3, -0.25) is 4.79 Å². The Morgan fingerprint density at radius 3 is 2.50 bits per heavy atom. The smallest absolute Gasteiger partial charge is 0.305 e. The first-order valence-corrected chi connectivity index (χ1v) is 13.6. The molecular formula is C28H52O4. The molecule has 4 heteroatoms. The number of hydrogen-bond acceptors (Lipinski definition) is 4. The Kier molecular flexibility index (Phi) is 15.2. The molecule has 1 saturated carbocycles. The predicted octanol–water partition coefficient (Wildman–Crippen LogP) is 7.32. The van der Waals surface area contributed by atoms with E-state index in [1.807, 2.05) is 6.92 Å². The van der Waals surface area contributed by atoms with E-state index in [1.54, 1.807) is 5.57 Å². The fourth-order valence-corrected chi connectivity index (χ4v) is 5.29. The standard InChI is InChI=1S/C28H52O4/c1-5-8-15-23(4)26(28(30,31)22-9-6-2)21-20-25-18-14-17-24(25)16-12-10-11-13-19-27(29)32-7-3/h20,23-24,26,30-31H,5-19,21-22H2,1-4H3/t23?,24-,26?/m0/s1. The van der Waals surface area contributed by atoms with Crippen LogP contribution in [-0.4, -0.2) is 28.6 Å². The maximum Gasteiger partial charge on any atom is 0.305 e. The largest absolute Gasteiger partial charge is 0.466 e. The van der Waals surface area contributed by atoms with Crippen LogP contribution in [0.4, 0.5) is 0 Å². The molecule has 1 rings (SSSR count). The number of allylic oxidation sites excluding steroid dienone is 2. The predicted molar refractivity (Wildman–Crippen MR) is 133 cm³/mol. The van der Waals surface area contributed by atoms with Gasteiger partial charge in [-0.2, -0.15) is 0 Å². The Morgan fingerprint density at radius 1 is 1.09 bits per heavy atom. The van der Waals surface area contributed by atoms with Gasteiger partial charge in [0.1, 0.15) is 0 Å². The molecule has 0 saturated heterocycles. The number of aliphatic hydroxyl groups is 2. The van der Waals surface area contributed by atoms with Gasteiger partial charge in [-0.05, 0) is 63.7 Å². The van der Waals surface area contributed by atoms with Crippen molar-refractivity contribution in [1.82, 2.24) is 0 Å². The van der Waals surface area contributed by atoms with Crippen LogP contribution in [0.15, 0.2) is 11.6 Å². The lowest BCUT2D eigenvalue weighted by atomic mass is 9.78. The number of carbonyl (C=O) groups is 1. The van der Waals surface area contributed by atoms with E-state index in [4.69, 9.17) is 4.74 Å². The summed E-state index contributed by atoms with van der Waals surface area (Å²) < 4.78 is 4.99. The molecule has 2 unspecified atom stereocenters. The SMILES string of the molecule is CCCCC(C)C(CC=C1CCC[C@@H]1CCCCCCC(=O)OCC)C(O)(O)CCCC. The van der Waals surface area contributed by atoms with Crippen LogP contribution in [0.2, 0.25) is 0 Å². The van der Waals surface area contributed by atoms with Crippen LogP contribution in [0.25, 0.3) is 0 Å². The van der Waals surface area contributed by atoms with Gasteiger partial charge in [0.15, 0.2) is 5.79 Å². The van der Waals surface area contributed by atoms with Gasteiger partial charge < -0.3 is 14.9 Å². The topological polar surface area (TPSA) is 66.8 Å². The Bertz CT molecular complexity index is 526. The summed E-state index contributed by atoms with van der Waals surface area (Å²) >= 11 is 0. The van der Waals surface area contributed by atoms with Crippen molar-refractivity contribution in [2.45, 2.75) is 136 Å². The highest BCUT2D eigenvalue weighted by Crippen LogP contribution is 2.38. The lowest BCUT2D eigenvalue weighted by molar-refractivity contribution is -0.216. The van der Waals surface area contributed by atoms with Crippen LogP contribution in [0, 0.1) is 17.8 Å². The number of esters is 1. The van der Waals surface area contributed by atoms with Crippen molar-refractivity contribution in [3.8, 4) is 0 Å². The number of hydrogen-bond donors (Lipinski definition) is 2. The summed E-state index contributed by atoms with van der Waals surface area (Å²) in [6.45, 7) is 8.83. The van der Waals surface area contributed by atoms with Gasteiger partial charge in [0.25, 0.3) is 0 Å². The molecule has 3 atom stereocenters. The zero-order valence-corrected chi connectivity index (χ0v) is 21.5. The molecule has 1 aliphatic rings. The van der Waals surface area contributed by atoms with Crippen molar-refractivity contribution in [2.24, 2.45) is 17.8 Å².